The highest BCUT2D eigenvalue weighted by Crippen LogP contribution is 2.46. The molecular formula is C55H33N3OS. The van der Waals surface area contributed by atoms with Crippen LogP contribution in [0.1, 0.15) is 0 Å². The number of aromatic nitrogens is 3. The molecule has 60 heavy (non-hydrogen) atoms. The Bertz CT molecular complexity index is 3590. The molecule has 0 amide bonds. The minimum absolute atomic E-state index is 0.585. The van der Waals surface area contributed by atoms with Gasteiger partial charge in [0, 0.05) is 53.2 Å². The highest BCUT2D eigenvalue weighted by Gasteiger charge is 2.20. The molecular weight excluding hydrogens is 751 g/mol. The van der Waals surface area contributed by atoms with E-state index < -0.39 is 0 Å². The molecule has 0 aliphatic rings. The number of hydrogen-bond donors (Lipinski definition) is 0. The summed E-state index contributed by atoms with van der Waals surface area (Å²) in [4.78, 5) is 15.6. The predicted octanol–water partition coefficient (Wildman–Crippen LogP) is 15.3. The van der Waals surface area contributed by atoms with Crippen LogP contribution in [0, 0.1) is 0 Å². The van der Waals surface area contributed by atoms with Crippen molar-refractivity contribution in [3.8, 4) is 67.5 Å². The zero-order valence-electron chi connectivity index (χ0n) is 32.2. The fourth-order valence-electron chi connectivity index (χ4n) is 8.67. The van der Waals surface area contributed by atoms with E-state index in [9.17, 15) is 0 Å². The van der Waals surface area contributed by atoms with Gasteiger partial charge in [0.05, 0.1) is 0 Å². The molecule has 12 rings (SSSR count). The second-order valence-corrected chi connectivity index (χ2v) is 16.1. The molecule has 0 spiro atoms. The maximum absolute atomic E-state index is 6.32. The molecule has 12 aromatic rings. The average molecular weight is 784 g/mol. The van der Waals surface area contributed by atoms with Crippen molar-refractivity contribution in [3.05, 3.63) is 200 Å². The summed E-state index contributed by atoms with van der Waals surface area (Å²) in [6, 6.07) is 70.4. The number of rotatable bonds is 6. The maximum atomic E-state index is 6.32. The van der Waals surface area contributed by atoms with Gasteiger partial charge in [0.15, 0.2) is 17.5 Å². The van der Waals surface area contributed by atoms with Gasteiger partial charge in [-0.3, -0.25) is 0 Å². The Labute approximate surface area is 349 Å². The zero-order chi connectivity index (χ0) is 39.6. The van der Waals surface area contributed by atoms with Gasteiger partial charge in [0.1, 0.15) is 11.2 Å². The number of furan rings is 1. The molecule has 0 radical (unpaired) electrons. The van der Waals surface area contributed by atoms with E-state index in [4.69, 9.17) is 19.4 Å². The standard InChI is InChI=1S/C55H33N3OS/c1-3-13-34(14-4-1)35-25-27-37(28-26-35)53-56-54(38-29-30-44-43-19-9-10-24-49(43)59-50(44)33-38)58-55(57-53)48-32-31-42(40-17-7-8-18-41(40)48)45-21-12-23-47-46-22-11-20-39(51(46)60-52(45)47)36-15-5-2-6-16-36/h1-33H. The van der Waals surface area contributed by atoms with Gasteiger partial charge in [-0.15, -0.1) is 11.3 Å². The highest BCUT2D eigenvalue weighted by atomic mass is 32.1. The summed E-state index contributed by atoms with van der Waals surface area (Å²) in [5.74, 6) is 1.81. The molecule has 0 saturated carbocycles. The maximum Gasteiger partial charge on any atom is 0.164 e. The number of benzene rings is 9. The molecule has 280 valence electrons. The summed E-state index contributed by atoms with van der Waals surface area (Å²) < 4.78 is 8.90. The molecule has 0 aliphatic carbocycles. The van der Waals surface area contributed by atoms with Gasteiger partial charge in [-0.1, -0.05) is 176 Å². The van der Waals surface area contributed by atoms with Crippen LogP contribution in [-0.2, 0) is 0 Å². The third-order valence-electron chi connectivity index (χ3n) is 11.6. The van der Waals surface area contributed by atoms with Crippen LogP contribution in [0.2, 0.25) is 0 Å². The predicted molar refractivity (Wildman–Crippen MR) is 250 cm³/mol. The molecule has 0 fully saturated rings. The average Bonchev–Trinajstić information content (AvgIpc) is 3.90. The smallest absolute Gasteiger partial charge is 0.164 e. The summed E-state index contributed by atoms with van der Waals surface area (Å²) in [6.07, 6.45) is 0. The first-order chi connectivity index (χ1) is 29.7. The van der Waals surface area contributed by atoms with E-state index in [1.54, 1.807) is 0 Å². The van der Waals surface area contributed by atoms with E-state index in [0.717, 1.165) is 60.5 Å². The first-order valence-electron chi connectivity index (χ1n) is 20.1. The quantitative estimate of drug-likeness (QED) is 0.169. The molecule has 9 aromatic carbocycles. The molecule has 0 unspecified atom stereocenters. The molecule has 0 N–H and O–H groups in total. The molecule has 3 heterocycles. The van der Waals surface area contributed by atoms with Gasteiger partial charge in [-0.2, -0.15) is 0 Å². The van der Waals surface area contributed by atoms with Gasteiger partial charge in [-0.25, -0.2) is 15.0 Å². The van der Waals surface area contributed by atoms with Crippen molar-refractivity contribution in [2.24, 2.45) is 0 Å². The number of para-hydroxylation sites is 1. The Morgan fingerprint density at radius 3 is 1.53 bits per heavy atom. The number of hydrogen-bond acceptors (Lipinski definition) is 5. The minimum atomic E-state index is 0.585. The summed E-state index contributed by atoms with van der Waals surface area (Å²) in [7, 11) is 0. The summed E-state index contributed by atoms with van der Waals surface area (Å²) in [5.41, 5.74) is 11.5. The SMILES string of the molecule is c1ccc(-c2ccc(-c3nc(-c4ccc5c(c4)oc4ccccc45)nc(-c4ccc(-c5cccc6c5sc5c(-c7ccccc7)cccc56)c5ccccc45)n3)cc2)cc1. The Morgan fingerprint density at radius 2 is 0.783 bits per heavy atom. The van der Waals surface area contributed by atoms with Gasteiger partial charge >= 0.3 is 0 Å². The topological polar surface area (TPSA) is 51.8 Å². The molecule has 4 nitrogen and oxygen atoms in total. The molecule has 3 aromatic heterocycles. The summed E-state index contributed by atoms with van der Waals surface area (Å²) in [5, 5.41) is 6.92. The van der Waals surface area contributed by atoms with Crippen molar-refractivity contribution >= 4 is 64.2 Å². The van der Waals surface area contributed by atoms with E-state index in [1.807, 2.05) is 41.7 Å². The fraction of sp³-hybridized carbons (Fsp3) is 0. The van der Waals surface area contributed by atoms with Gasteiger partial charge < -0.3 is 4.42 Å². The molecule has 0 aliphatic heterocycles. The van der Waals surface area contributed by atoms with E-state index in [1.165, 1.54) is 42.4 Å². The van der Waals surface area contributed by atoms with Crippen molar-refractivity contribution < 1.29 is 4.42 Å². The third-order valence-corrected chi connectivity index (χ3v) is 12.9. The first-order valence-corrected chi connectivity index (χ1v) is 20.9. The van der Waals surface area contributed by atoms with E-state index in [-0.39, 0.29) is 0 Å². The molecule has 0 saturated heterocycles. The fourth-order valence-corrected chi connectivity index (χ4v) is 10.0. The highest BCUT2D eigenvalue weighted by molar-refractivity contribution is 7.26. The normalized spacial score (nSPS) is 11.7. The van der Waals surface area contributed by atoms with Crippen molar-refractivity contribution in [2.45, 2.75) is 0 Å². The van der Waals surface area contributed by atoms with E-state index in [2.05, 4.69) is 170 Å². The first kappa shape index (κ1) is 34.3. The lowest BCUT2D eigenvalue weighted by molar-refractivity contribution is 0.669. The monoisotopic (exact) mass is 783 g/mol. The lowest BCUT2D eigenvalue weighted by atomic mass is 9.93. The van der Waals surface area contributed by atoms with Crippen LogP contribution >= 0.6 is 11.3 Å². The van der Waals surface area contributed by atoms with Crippen LogP contribution in [0.3, 0.4) is 0 Å². The minimum Gasteiger partial charge on any atom is -0.456 e. The number of nitrogens with zero attached hydrogens (tertiary/aromatic N) is 3. The lowest BCUT2D eigenvalue weighted by Crippen LogP contribution is -2.01. The Hall–Kier alpha value is -7.73. The van der Waals surface area contributed by atoms with Gasteiger partial charge in [0.25, 0.3) is 0 Å². The second kappa shape index (κ2) is 14.0. The van der Waals surface area contributed by atoms with Crippen LogP contribution < -0.4 is 0 Å². The van der Waals surface area contributed by atoms with Crippen molar-refractivity contribution in [3.63, 3.8) is 0 Å². The van der Waals surface area contributed by atoms with Crippen LogP contribution in [0.4, 0.5) is 0 Å². The number of fused-ring (bicyclic) bond motifs is 7. The third kappa shape index (κ3) is 5.70. The zero-order valence-corrected chi connectivity index (χ0v) is 33.0. The Kier molecular flexibility index (Phi) is 8.00. The van der Waals surface area contributed by atoms with E-state index in [0.29, 0.717) is 17.5 Å². The van der Waals surface area contributed by atoms with Crippen LogP contribution in [0.25, 0.3) is 120 Å². The van der Waals surface area contributed by atoms with Crippen LogP contribution in [0.15, 0.2) is 205 Å². The van der Waals surface area contributed by atoms with Crippen molar-refractivity contribution in [1.82, 2.24) is 15.0 Å². The van der Waals surface area contributed by atoms with Crippen molar-refractivity contribution in [2.75, 3.05) is 0 Å². The van der Waals surface area contributed by atoms with Crippen LogP contribution in [-0.4, -0.2) is 15.0 Å². The summed E-state index contributed by atoms with van der Waals surface area (Å²) in [6.45, 7) is 0. The molecule has 0 bridgehead atoms. The lowest BCUT2D eigenvalue weighted by Gasteiger charge is -2.14. The second-order valence-electron chi connectivity index (χ2n) is 15.1. The van der Waals surface area contributed by atoms with Crippen LogP contribution in [0.5, 0.6) is 0 Å². The Morgan fingerprint density at radius 1 is 0.283 bits per heavy atom. The van der Waals surface area contributed by atoms with Crippen molar-refractivity contribution in [1.29, 1.82) is 0 Å². The summed E-state index contributed by atoms with van der Waals surface area (Å²) >= 11 is 1.87. The largest absolute Gasteiger partial charge is 0.456 e. The molecule has 0 atom stereocenters. The van der Waals surface area contributed by atoms with Gasteiger partial charge in [-0.05, 0) is 62.9 Å². The molecule has 5 heteroatoms. The van der Waals surface area contributed by atoms with Gasteiger partial charge in [0.2, 0.25) is 0 Å². The Balaban J connectivity index is 1.03. The number of thiophene rings is 1. The van der Waals surface area contributed by atoms with E-state index >= 15 is 0 Å².